The molecule has 2 aromatic carbocycles. The lowest BCUT2D eigenvalue weighted by Gasteiger charge is -2.05. The SMILES string of the molecule is N#C[C@@]1(C(=O)O)[C@H](S(=O)(=O)c2ccc(Cl)cc2)[C@@H]1c1ccc(Br)cc1. The van der Waals surface area contributed by atoms with E-state index in [1.54, 1.807) is 30.3 Å². The number of hydrogen-bond donors (Lipinski definition) is 1. The summed E-state index contributed by atoms with van der Waals surface area (Å²) in [6, 6.07) is 13.8. The number of carboxylic acids is 1. The zero-order valence-electron chi connectivity index (χ0n) is 12.6. The summed E-state index contributed by atoms with van der Waals surface area (Å²) in [6.45, 7) is 0. The van der Waals surface area contributed by atoms with Crippen LogP contribution < -0.4 is 0 Å². The van der Waals surface area contributed by atoms with Crippen LogP contribution in [0.5, 0.6) is 0 Å². The molecule has 3 rings (SSSR count). The Bertz CT molecular complexity index is 983. The molecule has 0 heterocycles. The normalized spacial score (nSPS) is 25.2. The van der Waals surface area contributed by atoms with Gasteiger partial charge in [0.25, 0.3) is 0 Å². The van der Waals surface area contributed by atoms with Crippen LogP contribution in [0.4, 0.5) is 0 Å². The Morgan fingerprint density at radius 1 is 1.16 bits per heavy atom. The van der Waals surface area contributed by atoms with E-state index < -0.39 is 32.4 Å². The van der Waals surface area contributed by atoms with Gasteiger partial charge in [-0.25, -0.2) is 8.42 Å². The number of carboxylic acid groups (broad SMARTS) is 1. The Balaban J connectivity index is 2.12. The van der Waals surface area contributed by atoms with Crippen molar-refractivity contribution in [3.8, 4) is 6.07 Å². The Morgan fingerprint density at radius 2 is 1.72 bits per heavy atom. The standard InChI is InChI=1S/C17H11BrClNO4S/c18-11-3-1-10(2-4-11)14-15(17(14,9-20)16(21)22)25(23,24)13-7-5-12(19)6-8-13/h1-8,14-15H,(H,21,22)/t14-,15+,17-/m0/s1. The molecule has 0 aromatic heterocycles. The molecule has 1 N–H and O–H groups in total. The molecule has 1 aliphatic carbocycles. The third-order valence-corrected chi connectivity index (χ3v) is 7.40. The highest BCUT2D eigenvalue weighted by atomic mass is 79.9. The van der Waals surface area contributed by atoms with Crippen molar-refractivity contribution in [2.24, 2.45) is 5.41 Å². The molecule has 1 aliphatic rings. The topological polar surface area (TPSA) is 95.2 Å². The highest BCUT2D eigenvalue weighted by Gasteiger charge is 2.77. The minimum Gasteiger partial charge on any atom is -0.480 e. The zero-order valence-corrected chi connectivity index (χ0v) is 15.7. The summed E-state index contributed by atoms with van der Waals surface area (Å²) >= 11 is 9.06. The number of halogens is 2. The average molecular weight is 441 g/mol. The molecule has 0 bridgehead atoms. The molecule has 5 nitrogen and oxygen atoms in total. The Labute approximate surface area is 157 Å². The monoisotopic (exact) mass is 439 g/mol. The predicted octanol–water partition coefficient (Wildman–Crippen LogP) is 3.64. The van der Waals surface area contributed by atoms with Crippen LogP contribution in [0.15, 0.2) is 57.9 Å². The number of benzene rings is 2. The van der Waals surface area contributed by atoms with Gasteiger partial charge in [-0.05, 0) is 42.0 Å². The highest BCUT2D eigenvalue weighted by Crippen LogP contribution is 2.64. The second-order valence-corrected chi connectivity index (χ2v) is 9.16. The number of nitriles is 1. The second kappa shape index (κ2) is 6.13. The van der Waals surface area contributed by atoms with Crippen LogP contribution in [-0.4, -0.2) is 24.7 Å². The third-order valence-electron chi connectivity index (χ3n) is 4.38. The lowest BCUT2D eigenvalue weighted by Crippen LogP contribution is -2.22. The van der Waals surface area contributed by atoms with Gasteiger partial charge in [0, 0.05) is 15.4 Å². The molecule has 0 amide bonds. The number of rotatable bonds is 4. The molecular weight excluding hydrogens is 430 g/mol. The minimum atomic E-state index is -4.03. The van der Waals surface area contributed by atoms with Gasteiger partial charge in [0.1, 0.15) is 5.25 Å². The summed E-state index contributed by atoms with van der Waals surface area (Å²) in [4.78, 5) is 11.7. The summed E-state index contributed by atoms with van der Waals surface area (Å²) in [5.74, 6) is -2.38. The molecule has 0 radical (unpaired) electrons. The van der Waals surface area contributed by atoms with Crippen LogP contribution in [0.25, 0.3) is 0 Å². The molecule has 2 aromatic rings. The van der Waals surface area contributed by atoms with Gasteiger partial charge in [0.15, 0.2) is 15.3 Å². The van der Waals surface area contributed by atoms with Crippen LogP contribution in [0.3, 0.4) is 0 Å². The van der Waals surface area contributed by atoms with Crippen LogP contribution in [0.1, 0.15) is 11.5 Å². The molecule has 8 heteroatoms. The largest absolute Gasteiger partial charge is 0.480 e. The first kappa shape index (κ1) is 17.9. The summed E-state index contributed by atoms with van der Waals surface area (Å²) in [7, 11) is -4.03. The van der Waals surface area contributed by atoms with Crippen molar-refractivity contribution >= 4 is 43.3 Å². The fourth-order valence-electron chi connectivity index (χ4n) is 3.09. The van der Waals surface area contributed by atoms with Crippen molar-refractivity contribution in [2.75, 3.05) is 0 Å². The number of hydrogen-bond acceptors (Lipinski definition) is 4. The Morgan fingerprint density at radius 3 is 2.20 bits per heavy atom. The first-order valence-corrected chi connectivity index (χ1v) is 9.86. The molecule has 3 atom stereocenters. The average Bonchev–Trinajstić information content (AvgIpc) is 3.27. The van der Waals surface area contributed by atoms with Gasteiger partial charge < -0.3 is 5.11 Å². The first-order valence-electron chi connectivity index (χ1n) is 7.14. The number of aliphatic carboxylic acids is 1. The summed E-state index contributed by atoms with van der Waals surface area (Å²) in [5.41, 5.74) is -1.51. The predicted molar refractivity (Wildman–Crippen MR) is 95.0 cm³/mol. The van der Waals surface area contributed by atoms with Crippen LogP contribution in [0, 0.1) is 16.7 Å². The van der Waals surface area contributed by atoms with Crippen LogP contribution >= 0.6 is 27.5 Å². The molecule has 0 unspecified atom stereocenters. The first-order chi connectivity index (χ1) is 11.7. The molecule has 25 heavy (non-hydrogen) atoms. The van der Waals surface area contributed by atoms with Crippen molar-refractivity contribution in [3.63, 3.8) is 0 Å². The zero-order chi connectivity index (χ0) is 18.4. The van der Waals surface area contributed by atoms with E-state index in [0.29, 0.717) is 10.6 Å². The van der Waals surface area contributed by atoms with Gasteiger partial charge in [0.05, 0.1) is 11.0 Å². The van der Waals surface area contributed by atoms with Crippen molar-refractivity contribution in [3.05, 3.63) is 63.6 Å². The fraction of sp³-hybridized carbons (Fsp3) is 0.176. The van der Waals surface area contributed by atoms with Gasteiger partial charge in [-0.2, -0.15) is 5.26 Å². The molecular formula is C17H11BrClNO4S. The summed E-state index contributed by atoms with van der Waals surface area (Å²) < 4.78 is 26.7. The van der Waals surface area contributed by atoms with E-state index >= 15 is 0 Å². The molecule has 1 saturated carbocycles. The maximum Gasteiger partial charge on any atom is 0.326 e. The lowest BCUT2D eigenvalue weighted by atomic mass is 10.0. The van der Waals surface area contributed by atoms with E-state index in [-0.39, 0.29) is 4.90 Å². The quantitative estimate of drug-likeness (QED) is 0.783. The number of carbonyl (C=O) groups is 1. The van der Waals surface area contributed by atoms with Gasteiger partial charge >= 0.3 is 5.97 Å². The van der Waals surface area contributed by atoms with E-state index in [9.17, 15) is 23.6 Å². The molecule has 1 fully saturated rings. The van der Waals surface area contributed by atoms with Crippen molar-refractivity contribution in [2.45, 2.75) is 16.1 Å². The number of nitrogens with zero attached hydrogens (tertiary/aromatic N) is 1. The Hall–Kier alpha value is -1.88. The number of sulfone groups is 1. The van der Waals surface area contributed by atoms with Crippen LogP contribution in [0.2, 0.25) is 5.02 Å². The maximum atomic E-state index is 13.0. The van der Waals surface area contributed by atoms with E-state index in [4.69, 9.17) is 11.6 Å². The maximum absolute atomic E-state index is 13.0. The molecule has 0 spiro atoms. The third kappa shape index (κ3) is 2.74. The van der Waals surface area contributed by atoms with Crippen LogP contribution in [-0.2, 0) is 14.6 Å². The van der Waals surface area contributed by atoms with E-state index in [2.05, 4.69) is 15.9 Å². The van der Waals surface area contributed by atoms with Crippen molar-refractivity contribution in [1.29, 1.82) is 5.26 Å². The summed E-state index contributed by atoms with van der Waals surface area (Å²) in [6.07, 6.45) is 0. The van der Waals surface area contributed by atoms with Gasteiger partial charge in [-0.3, -0.25) is 4.79 Å². The van der Waals surface area contributed by atoms with Gasteiger partial charge in [0.2, 0.25) is 0 Å². The Kier molecular flexibility index (Phi) is 4.40. The molecule has 128 valence electrons. The summed E-state index contributed by atoms with van der Waals surface area (Å²) in [5, 5.41) is 18.1. The van der Waals surface area contributed by atoms with Crippen molar-refractivity contribution in [1.82, 2.24) is 0 Å². The smallest absolute Gasteiger partial charge is 0.326 e. The molecule has 0 aliphatic heterocycles. The highest BCUT2D eigenvalue weighted by molar-refractivity contribution is 9.10. The van der Waals surface area contributed by atoms with Crippen molar-refractivity contribution < 1.29 is 18.3 Å². The van der Waals surface area contributed by atoms with E-state index in [1.165, 1.54) is 24.3 Å². The van der Waals surface area contributed by atoms with Gasteiger partial charge in [-0.15, -0.1) is 0 Å². The molecule has 0 saturated heterocycles. The second-order valence-electron chi connectivity index (χ2n) is 5.73. The van der Waals surface area contributed by atoms with E-state index in [1.807, 2.05) is 0 Å². The van der Waals surface area contributed by atoms with E-state index in [0.717, 1.165) is 4.47 Å². The van der Waals surface area contributed by atoms with Gasteiger partial charge in [-0.1, -0.05) is 39.7 Å². The fourth-order valence-corrected chi connectivity index (χ4v) is 5.73. The lowest BCUT2D eigenvalue weighted by molar-refractivity contribution is -0.141. The minimum absolute atomic E-state index is 0.0533.